The van der Waals surface area contributed by atoms with Crippen LogP contribution < -0.4 is 11.3 Å². The van der Waals surface area contributed by atoms with Crippen LogP contribution in [-0.4, -0.2) is 21.3 Å². The fourth-order valence-corrected chi connectivity index (χ4v) is 2.67. The highest BCUT2D eigenvalue weighted by Crippen LogP contribution is 2.22. The number of hydrogen-bond acceptors (Lipinski definition) is 4. The zero-order chi connectivity index (χ0) is 17.9. The Labute approximate surface area is 146 Å². The molecule has 2 aromatic carbocycles. The molecule has 25 heavy (non-hydrogen) atoms. The van der Waals surface area contributed by atoms with Crippen molar-refractivity contribution in [2.24, 2.45) is 5.84 Å². The monoisotopic (exact) mass is 338 g/mol. The number of carbonyl (C=O) groups is 1. The maximum absolute atomic E-state index is 11.8. The smallest absolute Gasteiger partial charge is 0.265 e. The Kier molecular flexibility index (Phi) is 4.83. The molecule has 3 aromatic rings. The van der Waals surface area contributed by atoms with Crippen molar-refractivity contribution in [3.8, 4) is 0 Å². The third kappa shape index (κ3) is 3.70. The van der Waals surface area contributed by atoms with Crippen LogP contribution in [0.5, 0.6) is 0 Å². The van der Waals surface area contributed by atoms with E-state index in [0.29, 0.717) is 6.54 Å². The minimum atomic E-state index is -1.03. The third-order valence-corrected chi connectivity index (χ3v) is 4.16. The normalized spacial score (nSPS) is 11.6. The van der Waals surface area contributed by atoms with Crippen molar-refractivity contribution in [2.45, 2.75) is 32.6 Å². The summed E-state index contributed by atoms with van der Waals surface area (Å²) in [6.07, 6.45) is 0. The van der Waals surface area contributed by atoms with E-state index < -0.39 is 5.60 Å². The number of carbonyl (C=O) groups excluding carboxylic acids is 1. The van der Waals surface area contributed by atoms with Crippen molar-refractivity contribution in [1.82, 2.24) is 15.2 Å². The number of aromatic nitrogens is 2. The largest absolute Gasteiger partial charge is 0.359 e. The highest BCUT2D eigenvalue weighted by Gasteiger charge is 2.28. The van der Waals surface area contributed by atoms with Crippen molar-refractivity contribution in [3.63, 3.8) is 0 Å². The summed E-state index contributed by atoms with van der Waals surface area (Å²) in [6.45, 7) is 4.26. The lowest BCUT2D eigenvalue weighted by molar-refractivity contribution is -0.144. The number of benzene rings is 2. The summed E-state index contributed by atoms with van der Waals surface area (Å²) in [4.78, 5) is 11.8. The minimum Gasteiger partial charge on any atom is -0.359 e. The molecular weight excluding hydrogens is 316 g/mol. The molecule has 3 N–H and O–H groups in total. The molecule has 0 spiro atoms. The molecule has 6 heteroatoms. The van der Waals surface area contributed by atoms with Gasteiger partial charge in [-0.3, -0.25) is 14.9 Å². The molecule has 1 heterocycles. The second-order valence-corrected chi connectivity index (χ2v) is 6.38. The number of nitrogens with one attached hydrogen (secondary N) is 1. The fourth-order valence-electron chi connectivity index (χ4n) is 2.67. The molecule has 0 aliphatic rings. The van der Waals surface area contributed by atoms with Gasteiger partial charge in [0.2, 0.25) is 0 Å². The van der Waals surface area contributed by atoms with E-state index >= 15 is 0 Å². The SMILES string of the molecule is CC(C)(OCc1nn(Cc2ccccc2)c2ccccc12)C(=O)NN. The summed E-state index contributed by atoms with van der Waals surface area (Å²) >= 11 is 0. The first-order valence-corrected chi connectivity index (χ1v) is 8.14. The zero-order valence-corrected chi connectivity index (χ0v) is 14.4. The number of rotatable bonds is 6. The number of fused-ring (bicyclic) bond motifs is 1. The first-order valence-electron chi connectivity index (χ1n) is 8.14. The first kappa shape index (κ1) is 17.1. The summed E-state index contributed by atoms with van der Waals surface area (Å²) in [7, 11) is 0. The Hall–Kier alpha value is -2.70. The molecule has 130 valence electrons. The number of ether oxygens (including phenoxy) is 1. The molecule has 1 aromatic heterocycles. The van der Waals surface area contributed by atoms with Crippen molar-refractivity contribution in [3.05, 3.63) is 65.9 Å². The number of nitrogens with zero attached hydrogens (tertiary/aromatic N) is 2. The summed E-state index contributed by atoms with van der Waals surface area (Å²) in [5.74, 6) is 4.83. The molecule has 0 unspecified atom stereocenters. The van der Waals surface area contributed by atoms with Crippen LogP contribution in [0, 0.1) is 0 Å². The molecule has 0 bridgehead atoms. The number of nitrogens with two attached hydrogens (primary N) is 1. The molecule has 1 amide bonds. The summed E-state index contributed by atoms with van der Waals surface area (Å²) in [6, 6.07) is 18.2. The van der Waals surface area contributed by atoms with Gasteiger partial charge >= 0.3 is 0 Å². The van der Waals surface area contributed by atoms with Gasteiger partial charge in [-0.15, -0.1) is 0 Å². The molecule has 0 saturated heterocycles. The Balaban J connectivity index is 1.88. The number of amides is 1. The third-order valence-electron chi connectivity index (χ3n) is 4.16. The highest BCUT2D eigenvalue weighted by molar-refractivity contribution is 5.84. The van der Waals surface area contributed by atoms with Gasteiger partial charge in [-0.25, -0.2) is 5.84 Å². The van der Waals surface area contributed by atoms with Crippen LogP contribution in [-0.2, 0) is 22.7 Å². The summed E-state index contributed by atoms with van der Waals surface area (Å²) in [5.41, 5.74) is 4.10. The standard InChI is InChI=1S/C19H22N4O2/c1-19(2,18(24)21-20)25-13-16-15-10-6-7-11-17(15)23(22-16)12-14-8-4-3-5-9-14/h3-11H,12-13,20H2,1-2H3,(H,21,24). The van der Waals surface area contributed by atoms with Crippen LogP contribution in [0.25, 0.3) is 10.9 Å². The van der Waals surface area contributed by atoms with Gasteiger partial charge in [0.15, 0.2) is 0 Å². The molecular formula is C19H22N4O2. The lowest BCUT2D eigenvalue weighted by Gasteiger charge is -2.22. The van der Waals surface area contributed by atoms with Gasteiger partial charge in [-0.2, -0.15) is 5.10 Å². The quantitative estimate of drug-likeness (QED) is 0.411. The van der Waals surface area contributed by atoms with Crippen molar-refractivity contribution < 1.29 is 9.53 Å². The minimum absolute atomic E-state index is 0.225. The number of hydrazine groups is 1. The van der Waals surface area contributed by atoms with E-state index in [1.54, 1.807) is 13.8 Å². The van der Waals surface area contributed by atoms with E-state index in [2.05, 4.69) is 17.6 Å². The Morgan fingerprint density at radius 3 is 2.56 bits per heavy atom. The van der Waals surface area contributed by atoms with Crippen molar-refractivity contribution >= 4 is 16.8 Å². The van der Waals surface area contributed by atoms with Gasteiger partial charge in [0.05, 0.1) is 24.4 Å². The van der Waals surface area contributed by atoms with Crippen LogP contribution in [0.3, 0.4) is 0 Å². The fraction of sp³-hybridized carbons (Fsp3) is 0.263. The Morgan fingerprint density at radius 1 is 1.16 bits per heavy atom. The van der Waals surface area contributed by atoms with E-state index in [-0.39, 0.29) is 12.5 Å². The van der Waals surface area contributed by atoms with Crippen LogP contribution in [0.2, 0.25) is 0 Å². The topological polar surface area (TPSA) is 82.2 Å². The van der Waals surface area contributed by atoms with Crippen LogP contribution >= 0.6 is 0 Å². The van der Waals surface area contributed by atoms with Crippen LogP contribution in [0.4, 0.5) is 0 Å². The lowest BCUT2D eigenvalue weighted by Crippen LogP contribution is -2.47. The van der Waals surface area contributed by atoms with E-state index in [1.165, 1.54) is 5.56 Å². The number of para-hydroxylation sites is 1. The predicted molar refractivity (Wildman–Crippen MR) is 96.5 cm³/mol. The molecule has 0 aliphatic carbocycles. The van der Waals surface area contributed by atoms with E-state index in [0.717, 1.165) is 16.6 Å². The molecule has 0 atom stereocenters. The van der Waals surface area contributed by atoms with E-state index in [1.807, 2.05) is 47.1 Å². The zero-order valence-electron chi connectivity index (χ0n) is 14.4. The van der Waals surface area contributed by atoms with Gasteiger partial charge in [0.1, 0.15) is 5.60 Å². The van der Waals surface area contributed by atoms with Crippen LogP contribution in [0.1, 0.15) is 25.1 Å². The molecule has 0 aliphatic heterocycles. The van der Waals surface area contributed by atoms with Gasteiger partial charge in [-0.1, -0.05) is 48.5 Å². The second kappa shape index (κ2) is 7.04. The maximum Gasteiger partial charge on any atom is 0.265 e. The Bertz CT molecular complexity index is 872. The van der Waals surface area contributed by atoms with Gasteiger partial charge in [0, 0.05) is 5.39 Å². The number of hydrogen-bond donors (Lipinski definition) is 2. The average molecular weight is 338 g/mol. The van der Waals surface area contributed by atoms with E-state index in [4.69, 9.17) is 15.7 Å². The van der Waals surface area contributed by atoms with Gasteiger partial charge < -0.3 is 4.74 Å². The van der Waals surface area contributed by atoms with Crippen LogP contribution in [0.15, 0.2) is 54.6 Å². The maximum atomic E-state index is 11.8. The first-order chi connectivity index (χ1) is 12.0. The van der Waals surface area contributed by atoms with E-state index in [9.17, 15) is 4.79 Å². The average Bonchev–Trinajstić information content (AvgIpc) is 2.98. The van der Waals surface area contributed by atoms with Crippen molar-refractivity contribution in [1.29, 1.82) is 0 Å². The van der Waals surface area contributed by atoms with Crippen molar-refractivity contribution in [2.75, 3.05) is 0 Å². The van der Waals surface area contributed by atoms with Gasteiger partial charge in [0.25, 0.3) is 5.91 Å². The second-order valence-electron chi connectivity index (χ2n) is 6.38. The molecule has 3 rings (SSSR count). The summed E-state index contributed by atoms with van der Waals surface area (Å²) in [5, 5.41) is 5.72. The summed E-state index contributed by atoms with van der Waals surface area (Å²) < 4.78 is 7.73. The highest BCUT2D eigenvalue weighted by atomic mass is 16.5. The van der Waals surface area contributed by atoms with Gasteiger partial charge in [-0.05, 0) is 25.5 Å². The lowest BCUT2D eigenvalue weighted by atomic mass is 10.1. The molecule has 6 nitrogen and oxygen atoms in total. The predicted octanol–water partition coefficient (Wildman–Crippen LogP) is 2.37. The molecule has 0 fully saturated rings. The molecule has 0 saturated carbocycles. The molecule has 0 radical (unpaired) electrons. The Morgan fingerprint density at radius 2 is 1.84 bits per heavy atom.